The maximum atomic E-state index is 13.2. The molecule has 2 aromatic heterocycles. The highest BCUT2D eigenvalue weighted by atomic mass is 32.1. The summed E-state index contributed by atoms with van der Waals surface area (Å²) in [5.74, 6) is -1.47. The van der Waals surface area contributed by atoms with E-state index < -0.39 is 17.7 Å². The van der Waals surface area contributed by atoms with Gasteiger partial charge in [-0.2, -0.15) is 0 Å². The van der Waals surface area contributed by atoms with Crippen LogP contribution in [0, 0.1) is 0 Å². The molecule has 5 nitrogen and oxygen atoms in total. The van der Waals surface area contributed by atoms with Gasteiger partial charge in [0, 0.05) is 22.8 Å². The van der Waals surface area contributed by atoms with Gasteiger partial charge >= 0.3 is 0 Å². The molecule has 1 aliphatic rings. The number of nitrogens with zero attached hydrogens (tertiary/aromatic N) is 2. The van der Waals surface area contributed by atoms with Crippen molar-refractivity contribution < 1.29 is 14.7 Å². The third-order valence-corrected chi connectivity index (χ3v) is 6.35. The van der Waals surface area contributed by atoms with Crippen LogP contribution in [-0.4, -0.2) is 26.7 Å². The zero-order valence-corrected chi connectivity index (χ0v) is 17.3. The number of carbonyl (C=O) groups is 2. The lowest BCUT2D eigenvalue weighted by molar-refractivity contribution is -0.140. The lowest BCUT2D eigenvalue weighted by atomic mass is 9.94. The molecule has 0 spiro atoms. The summed E-state index contributed by atoms with van der Waals surface area (Å²) in [5, 5.41) is 15.0. The number of aliphatic hydroxyl groups is 1. The number of amides is 1. The molecule has 1 amide bonds. The SMILES string of the molecule is O=C1C(=O)N(Cc2cccs2)C(c2cccnc2)/C1=C(/O)c1cccc2ccccc12. The molecule has 1 fully saturated rings. The molecule has 6 heteroatoms. The van der Waals surface area contributed by atoms with Crippen LogP contribution in [0.1, 0.15) is 22.0 Å². The Morgan fingerprint density at radius 3 is 2.61 bits per heavy atom. The first-order chi connectivity index (χ1) is 15.1. The van der Waals surface area contributed by atoms with Gasteiger partial charge in [0.15, 0.2) is 0 Å². The molecule has 152 valence electrons. The van der Waals surface area contributed by atoms with E-state index in [1.807, 2.05) is 60.0 Å². The van der Waals surface area contributed by atoms with Crippen molar-refractivity contribution in [1.29, 1.82) is 0 Å². The molecule has 31 heavy (non-hydrogen) atoms. The number of fused-ring (bicyclic) bond motifs is 1. The van der Waals surface area contributed by atoms with Crippen LogP contribution in [-0.2, 0) is 16.1 Å². The molecule has 1 atom stereocenters. The highest BCUT2D eigenvalue weighted by molar-refractivity contribution is 7.09. The van der Waals surface area contributed by atoms with Gasteiger partial charge in [-0.25, -0.2) is 0 Å². The average molecular weight is 426 g/mol. The summed E-state index contributed by atoms with van der Waals surface area (Å²) in [4.78, 5) is 32.8. The smallest absolute Gasteiger partial charge is 0.295 e. The number of benzene rings is 2. The van der Waals surface area contributed by atoms with Crippen molar-refractivity contribution in [1.82, 2.24) is 9.88 Å². The monoisotopic (exact) mass is 426 g/mol. The zero-order valence-electron chi connectivity index (χ0n) is 16.4. The van der Waals surface area contributed by atoms with Crippen LogP contribution in [0.25, 0.3) is 16.5 Å². The molecule has 0 radical (unpaired) electrons. The number of pyridine rings is 1. The first kappa shape index (κ1) is 19.2. The van der Waals surface area contributed by atoms with E-state index >= 15 is 0 Å². The minimum absolute atomic E-state index is 0.0888. The Kier molecular flexibility index (Phi) is 4.84. The first-order valence-corrected chi connectivity index (χ1v) is 10.7. The van der Waals surface area contributed by atoms with Gasteiger partial charge in [0.1, 0.15) is 5.76 Å². The predicted octanol–water partition coefficient (Wildman–Crippen LogP) is 4.92. The number of carbonyl (C=O) groups excluding carboxylic acids is 2. The summed E-state index contributed by atoms with van der Waals surface area (Å²) in [6.45, 7) is 0.286. The highest BCUT2D eigenvalue weighted by Crippen LogP contribution is 2.41. The predicted molar refractivity (Wildman–Crippen MR) is 120 cm³/mol. The van der Waals surface area contributed by atoms with Crippen molar-refractivity contribution in [3.8, 4) is 0 Å². The second kappa shape index (κ2) is 7.81. The van der Waals surface area contributed by atoms with E-state index in [1.165, 1.54) is 16.2 Å². The van der Waals surface area contributed by atoms with E-state index in [0.29, 0.717) is 11.1 Å². The van der Waals surface area contributed by atoms with Crippen molar-refractivity contribution in [3.63, 3.8) is 0 Å². The summed E-state index contributed by atoms with van der Waals surface area (Å²) in [6.07, 6.45) is 3.27. The van der Waals surface area contributed by atoms with Crippen LogP contribution in [0.3, 0.4) is 0 Å². The quantitative estimate of drug-likeness (QED) is 0.286. The molecule has 1 aliphatic heterocycles. The summed E-state index contributed by atoms with van der Waals surface area (Å²) in [5.41, 5.74) is 1.30. The Labute approximate surface area is 182 Å². The molecule has 1 unspecified atom stereocenters. The molecular formula is C25H18N2O3S. The molecule has 2 aromatic carbocycles. The van der Waals surface area contributed by atoms with Crippen molar-refractivity contribution in [2.24, 2.45) is 0 Å². The number of thiophene rings is 1. The van der Waals surface area contributed by atoms with Gasteiger partial charge in [0.05, 0.1) is 18.2 Å². The van der Waals surface area contributed by atoms with E-state index in [4.69, 9.17) is 0 Å². The van der Waals surface area contributed by atoms with Crippen LogP contribution in [0.5, 0.6) is 0 Å². The van der Waals surface area contributed by atoms with Crippen molar-refractivity contribution in [3.05, 3.63) is 106 Å². The maximum absolute atomic E-state index is 13.2. The number of aliphatic hydroxyl groups excluding tert-OH is 1. The molecule has 1 N–H and O–H groups in total. The number of hydrogen-bond donors (Lipinski definition) is 1. The largest absolute Gasteiger partial charge is 0.507 e. The van der Waals surface area contributed by atoms with Gasteiger partial charge in [-0.05, 0) is 33.8 Å². The summed E-state index contributed by atoms with van der Waals surface area (Å²) >= 11 is 1.52. The summed E-state index contributed by atoms with van der Waals surface area (Å²) in [7, 11) is 0. The fourth-order valence-corrected chi connectivity index (χ4v) is 4.78. The standard InChI is InChI=1S/C25H18N2O3S/c28-23(20-11-3-7-16-6-1-2-10-19(16)20)21-22(17-8-4-12-26-14-17)27(25(30)24(21)29)15-18-9-5-13-31-18/h1-14,22,28H,15H2/b23-21-. The van der Waals surface area contributed by atoms with E-state index in [-0.39, 0.29) is 17.9 Å². The van der Waals surface area contributed by atoms with Crippen molar-refractivity contribution in [2.45, 2.75) is 12.6 Å². The third-order valence-electron chi connectivity index (χ3n) is 5.49. The van der Waals surface area contributed by atoms with E-state index in [0.717, 1.165) is 15.6 Å². The van der Waals surface area contributed by atoms with E-state index in [1.54, 1.807) is 24.5 Å². The van der Waals surface area contributed by atoms with Gasteiger partial charge < -0.3 is 10.0 Å². The fourth-order valence-electron chi connectivity index (χ4n) is 4.07. The Morgan fingerprint density at radius 1 is 1.00 bits per heavy atom. The third kappa shape index (κ3) is 3.31. The van der Waals surface area contributed by atoms with Gasteiger partial charge in [-0.3, -0.25) is 14.6 Å². The number of aromatic nitrogens is 1. The van der Waals surface area contributed by atoms with Gasteiger partial charge in [-0.15, -0.1) is 11.3 Å². The lowest BCUT2D eigenvalue weighted by Crippen LogP contribution is -2.28. The average Bonchev–Trinajstić information content (AvgIpc) is 3.41. The molecule has 0 saturated carbocycles. The second-order valence-corrected chi connectivity index (χ2v) is 8.35. The summed E-state index contributed by atoms with van der Waals surface area (Å²) in [6, 6.07) is 19.9. The van der Waals surface area contributed by atoms with Crippen LogP contribution in [0.4, 0.5) is 0 Å². The van der Waals surface area contributed by atoms with E-state index in [2.05, 4.69) is 4.98 Å². The number of ketones is 1. The van der Waals surface area contributed by atoms with Crippen LogP contribution < -0.4 is 0 Å². The second-order valence-electron chi connectivity index (χ2n) is 7.32. The van der Waals surface area contributed by atoms with Crippen molar-refractivity contribution in [2.75, 3.05) is 0 Å². The van der Waals surface area contributed by atoms with Gasteiger partial charge in [0.2, 0.25) is 0 Å². The Hall–Kier alpha value is -3.77. The van der Waals surface area contributed by atoms with Gasteiger partial charge in [-0.1, -0.05) is 54.6 Å². The Morgan fingerprint density at radius 2 is 1.84 bits per heavy atom. The van der Waals surface area contributed by atoms with Crippen LogP contribution in [0.15, 0.2) is 90.1 Å². The highest BCUT2D eigenvalue weighted by Gasteiger charge is 2.46. The minimum atomic E-state index is -0.713. The first-order valence-electron chi connectivity index (χ1n) is 9.84. The molecule has 3 heterocycles. The Bertz CT molecular complexity index is 1310. The number of Topliss-reactive ketones (excluding diaryl/α,β-unsaturated/α-hetero) is 1. The lowest BCUT2D eigenvalue weighted by Gasteiger charge is -2.24. The van der Waals surface area contributed by atoms with Crippen molar-refractivity contribution >= 4 is 39.6 Å². The number of hydrogen-bond acceptors (Lipinski definition) is 5. The molecular weight excluding hydrogens is 408 g/mol. The topological polar surface area (TPSA) is 70.5 Å². The molecule has 0 aliphatic carbocycles. The molecule has 4 aromatic rings. The minimum Gasteiger partial charge on any atom is -0.507 e. The number of likely N-dealkylation sites (tertiary alicyclic amines) is 1. The number of rotatable bonds is 4. The van der Waals surface area contributed by atoms with Crippen LogP contribution in [0.2, 0.25) is 0 Å². The zero-order chi connectivity index (χ0) is 21.4. The van der Waals surface area contributed by atoms with Crippen LogP contribution >= 0.6 is 11.3 Å². The van der Waals surface area contributed by atoms with Gasteiger partial charge in [0.25, 0.3) is 11.7 Å². The molecule has 5 rings (SSSR count). The maximum Gasteiger partial charge on any atom is 0.295 e. The Balaban J connectivity index is 1.71. The van der Waals surface area contributed by atoms with E-state index in [9.17, 15) is 14.7 Å². The molecule has 1 saturated heterocycles. The fraction of sp³-hybridized carbons (Fsp3) is 0.0800. The normalized spacial score (nSPS) is 18.1. The molecule has 0 bridgehead atoms. The summed E-state index contributed by atoms with van der Waals surface area (Å²) < 4.78 is 0.